The molecule has 1 aliphatic rings. The van der Waals surface area contributed by atoms with Gasteiger partial charge in [-0.25, -0.2) is 0 Å². The molecule has 2 nitrogen and oxygen atoms in total. The fraction of sp³-hybridized carbons (Fsp3) is 0.438. The molecule has 2 aromatic rings. The zero-order valence-electron chi connectivity index (χ0n) is 11.7. The highest BCUT2D eigenvalue weighted by molar-refractivity contribution is 9.10. The average Bonchev–Trinajstić information content (AvgIpc) is 3.01. The summed E-state index contributed by atoms with van der Waals surface area (Å²) in [5.74, 6) is 0. The van der Waals surface area contributed by atoms with Gasteiger partial charge in [-0.15, -0.1) is 11.3 Å². The lowest BCUT2D eigenvalue weighted by Gasteiger charge is -2.16. The number of nitrogens with one attached hydrogen (secondary N) is 1. The second-order valence-corrected chi connectivity index (χ2v) is 7.32. The Balaban J connectivity index is 1.79. The van der Waals surface area contributed by atoms with Crippen LogP contribution in [0.15, 0.2) is 28.9 Å². The van der Waals surface area contributed by atoms with Gasteiger partial charge in [-0.1, -0.05) is 6.92 Å². The topological polar surface area (TPSA) is 24.9 Å². The van der Waals surface area contributed by atoms with Crippen LogP contribution in [-0.2, 0) is 19.3 Å². The summed E-state index contributed by atoms with van der Waals surface area (Å²) >= 11 is 5.43. The van der Waals surface area contributed by atoms with Crippen LogP contribution in [0.4, 0.5) is 0 Å². The Labute approximate surface area is 132 Å². The van der Waals surface area contributed by atoms with E-state index in [1.54, 1.807) is 10.4 Å². The Kier molecular flexibility index (Phi) is 4.54. The zero-order chi connectivity index (χ0) is 13.9. The summed E-state index contributed by atoms with van der Waals surface area (Å²) < 4.78 is 1.04. The highest BCUT2D eigenvalue weighted by Crippen LogP contribution is 2.34. The van der Waals surface area contributed by atoms with Crippen LogP contribution in [0.25, 0.3) is 0 Å². The molecule has 0 aliphatic heterocycles. The first kappa shape index (κ1) is 14.2. The summed E-state index contributed by atoms with van der Waals surface area (Å²) in [5.41, 5.74) is 2.73. The number of hydrogen-bond acceptors (Lipinski definition) is 3. The second kappa shape index (κ2) is 6.37. The monoisotopic (exact) mass is 350 g/mol. The minimum atomic E-state index is 0.393. The first-order valence-electron chi connectivity index (χ1n) is 7.21. The fourth-order valence-electron chi connectivity index (χ4n) is 2.78. The standard InChI is InChI=1S/C16H19BrN2S/c1-2-18-14(9-13-7-6-12(17)10-19-13)16-8-11-4-3-5-15(11)20-16/h6-8,10,14,18H,2-5,9H2,1H3. The molecule has 0 saturated carbocycles. The maximum atomic E-state index is 4.51. The van der Waals surface area contributed by atoms with Gasteiger partial charge >= 0.3 is 0 Å². The Bertz CT molecular complexity index is 555. The molecule has 2 aromatic heterocycles. The lowest BCUT2D eigenvalue weighted by atomic mass is 10.1. The van der Waals surface area contributed by atoms with Gasteiger partial charge in [-0.05, 0) is 65.5 Å². The van der Waals surface area contributed by atoms with Crippen LogP contribution in [0.3, 0.4) is 0 Å². The molecule has 2 heterocycles. The van der Waals surface area contributed by atoms with Crippen LogP contribution in [0.1, 0.15) is 40.4 Å². The number of thiophene rings is 1. The number of aromatic nitrogens is 1. The third-order valence-corrected chi connectivity index (χ3v) is 5.58. The Morgan fingerprint density at radius 1 is 1.40 bits per heavy atom. The first-order valence-corrected chi connectivity index (χ1v) is 8.82. The molecule has 0 radical (unpaired) electrons. The predicted octanol–water partition coefficient (Wildman–Crippen LogP) is 4.29. The van der Waals surface area contributed by atoms with E-state index in [1.807, 2.05) is 17.5 Å². The molecular weight excluding hydrogens is 332 g/mol. The van der Waals surface area contributed by atoms with Crippen LogP contribution in [0.5, 0.6) is 0 Å². The number of hydrogen-bond donors (Lipinski definition) is 1. The minimum absolute atomic E-state index is 0.393. The maximum absolute atomic E-state index is 4.51. The van der Waals surface area contributed by atoms with E-state index >= 15 is 0 Å². The number of halogens is 1. The van der Waals surface area contributed by atoms with E-state index in [0.29, 0.717) is 6.04 Å². The molecule has 1 N–H and O–H groups in total. The van der Waals surface area contributed by atoms with Gasteiger partial charge in [0, 0.05) is 38.6 Å². The first-order chi connectivity index (χ1) is 9.76. The number of nitrogens with zero attached hydrogens (tertiary/aromatic N) is 1. The quantitative estimate of drug-likeness (QED) is 0.869. The average molecular weight is 351 g/mol. The van der Waals surface area contributed by atoms with E-state index in [4.69, 9.17) is 0 Å². The zero-order valence-corrected chi connectivity index (χ0v) is 14.1. The van der Waals surface area contributed by atoms with Crippen molar-refractivity contribution in [3.63, 3.8) is 0 Å². The van der Waals surface area contributed by atoms with Gasteiger partial charge in [0.2, 0.25) is 0 Å². The van der Waals surface area contributed by atoms with Crippen molar-refractivity contribution in [2.45, 2.75) is 38.6 Å². The van der Waals surface area contributed by atoms with Gasteiger partial charge in [-0.2, -0.15) is 0 Å². The molecule has 0 amide bonds. The third-order valence-electron chi connectivity index (χ3n) is 3.76. The molecule has 0 spiro atoms. The lowest BCUT2D eigenvalue weighted by molar-refractivity contribution is 0.552. The predicted molar refractivity (Wildman–Crippen MR) is 88.4 cm³/mol. The van der Waals surface area contributed by atoms with Crippen molar-refractivity contribution < 1.29 is 0 Å². The van der Waals surface area contributed by atoms with E-state index < -0.39 is 0 Å². The van der Waals surface area contributed by atoms with Crippen molar-refractivity contribution in [3.05, 3.63) is 49.9 Å². The lowest BCUT2D eigenvalue weighted by Crippen LogP contribution is -2.22. The van der Waals surface area contributed by atoms with Crippen LogP contribution in [0, 0.1) is 0 Å². The molecule has 1 atom stereocenters. The fourth-order valence-corrected chi connectivity index (χ4v) is 4.35. The van der Waals surface area contributed by atoms with E-state index in [9.17, 15) is 0 Å². The van der Waals surface area contributed by atoms with E-state index in [2.05, 4.69) is 51.4 Å². The highest BCUT2D eigenvalue weighted by Gasteiger charge is 2.20. The van der Waals surface area contributed by atoms with Gasteiger partial charge in [-0.3, -0.25) is 4.98 Å². The van der Waals surface area contributed by atoms with Gasteiger partial charge in [0.1, 0.15) is 0 Å². The molecule has 1 aliphatic carbocycles. The van der Waals surface area contributed by atoms with Crippen molar-refractivity contribution in [3.8, 4) is 0 Å². The van der Waals surface area contributed by atoms with Crippen molar-refractivity contribution in [1.82, 2.24) is 10.3 Å². The molecule has 106 valence electrons. The van der Waals surface area contributed by atoms with Crippen molar-refractivity contribution in [2.24, 2.45) is 0 Å². The van der Waals surface area contributed by atoms with Crippen molar-refractivity contribution in [1.29, 1.82) is 0 Å². The molecule has 3 rings (SSSR count). The highest BCUT2D eigenvalue weighted by atomic mass is 79.9. The Morgan fingerprint density at radius 3 is 3.00 bits per heavy atom. The summed E-state index contributed by atoms with van der Waals surface area (Å²) in [6.07, 6.45) is 6.71. The SMILES string of the molecule is CCNC(Cc1ccc(Br)cn1)c1cc2c(s1)CCC2. The summed E-state index contributed by atoms with van der Waals surface area (Å²) in [4.78, 5) is 7.58. The molecule has 0 fully saturated rings. The van der Waals surface area contributed by atoms with E-state index in [-0.39, 0.29) is 0 Å². The Hall–Kier alpha value is -0.710. The molecule has 0 bridgehead atoms. The third kappa shape index (κ3) is 3.13. The van der Waals surface area contributed by atoms with Crippen LogP contribution < -0.4 is 5.32 Å². The summed E-state index contributed by atoms with van der Waals surface area (Å²) in [5, 5.41) is 3.61. The maximum Gasteiger partial charge on any atom is 0.0470 e. The van der Waals surface area contributed by atoms with Crippen LogP contribution in [0.2, 0.25) is 0 Å². The molecular formula is C16H19BrN2S. The smallest absolute Gasteiger partial charge is 0.0470 e. The summed E-state index contributed by atoms with van der Waals surface area (Å²) in [6.45, 7) is 3.16. The number of fused-ring (bicyclic) bond motifs is 1. The molecule has 4 heteroatoms. The van der Waals surface area contributed by atoms with Crippen LogP contribution in [-0.4, -0.2) is 11.5 Å². The van der Waals surface area contributed by atoms with E-state index in [1.165, 1.54) is 24.1 Å². The molecule has 1 unspecified atom stereocenters. The normalized spacial score (nSPS) is 15.3. The van der Waals surface area contributed by atoms with Crippen molar-refractivity contribution in [2.75, 3.05) is 6.54 Å². The number of aryl methyl sites for hydroxylation is 2. The molecule has 0 aromatic carbocycles. The number of likely N-dealkylation sites (N-methyl/N-ethyl adjacent to an activating group) is 1. The second-order valence-electron chi connectivity index (χ2n) is 5.23. The summed E-state index contributed by atoms with van der Waals surface area (Å²) in [6, 6.07) is 6.98. The summed E-state index contributed by atoms with van der Waals surface area (Å²) in [7, 11) is 0. The largest absolute Gasteiger partial charge is 0.309 e. The van der Waals surface area contributed by atoms with Crippen molar-refractivity contribution >= 4 is 27.3 Å². The molecule has 20 heavy (non-hydrogen) atoms. The van der Waals surface area contributed by atoms with E-state index in [0.717, 1.165) is 23.1 Å². The number of pyridine rings is 1. The van der Waals surface area contributed by atoms with Gasteiger partial charge < -0.3 is 5.32 Å². The molecule has 0 saturated heterocycles. The van der Waals surface area contributed by atoms with Gasteiger partial charge in [0.25, 0.3) is 0 Å². The Morgan fingerprint density at radius 2 is 2.30 bits per heavy atom. The number of rotatable bonds is 5. The van der Waals surface area contributed by atoms with Crippen LogP contribution >= 0.6 is 27.3 Å². The van der Waals surface area contributed by atoms with Gasteiger partial charge in [0.05, 0.1) is 0 Å². The minimum Gasteiger partial charge on any atom is -0.309 e. The van der Waals surface area contributed by atoms with Gasteiger partial charge in [0.15, 0.2) is 0 Å².